The second-order valence-corrected chi connectivity index (χ2v) is 6.40. The van der Waals surface area contributed by atoms with Crippen molar-refractivity contribution < 1.29 is 9.90 Å². The number of aryl methyl sites for hydroxylation is 1. The number of likely N-dealkylation sites (tertiary alicyclic amines) is 1. The summed E-state index contributed by atoms with van der Waals surface area (Å²) in [5.74, 6) is -0.0497. The highest BCUT2D eigenvalue weighted by molar-refractivity contribution is 5.81. The lowest BCUT2D eigenvalue weighted by Crippen LogP contribution is -2.39. The van der Waals surface area contributed by atoms with E-state index in [2.05, 4.69) is 4.98 Å². The van der Waals surface area contributed by atoms with Gasteiger partial charge in [-0.25, -0.2) is 4.98 Å². The molecule has 1 atom stereocenters. The first-order valence-corrected chi connectivity index (χ1v) is 8.47. The van der Waals surface area contributed by atoms with Crippen molar-refractivity contribution in [2.24, 2.45) is 0 Å². The van der Waals surface area contributed by atoms with E-state index in [1.165, 1.54) is 10.9 Å². The van der Waals surface area contributed by atoms with Crippen LogP contribution in [0, 0.1) is 6.92 Å². The lowest BCUT2D eigenvalue weighted by atomic mass is 10.1. The monoisotopic (exact) mass is 329 g/mol. The fourth-order valence-corrected chi connectivity index (χ4v) is 3.48. The number of carbonyl (C=O) groups is 1. The van der Waals surface area contributed by atoms with Gasteiger partial charge in [0.1, 0.15) is 6.54 Å². The second kappa shape index (κ2) is 7.13. The summed E-state index contributed by atoms with van der Waals surface area (Å²) < 4.78 is 1.39. The summed E-state index contributed by atoms with van der Waals surface area (Å²) in [6.45, 7) is 2.81. The van der Waals surface area contributed by atoms with Crippen LogP contribution in [0.25, 0.3) is 10.9 Å². The number of hydrogen-bond acceptors (Lipinski definition) is 4. The molecule has 1 fully saturated rings. The van der Waals surface area contributed by atoms with Gasteiger partial charge in [0.05, 0.1) is 17.2 Å². The number of hydrogen-bond donors (Lipinski definition) is 1. The van der Waals surface area contributed by atoms with Gasteiger partial charge in [-0.2, -0.15) is 0 Å². The third-order valence-corrected chi connectivity index (χ3v) is 4.75. The lowest BCUT2D eigenvalue weighted by molar-refractivity contribution is -0.132. The van der Waals surface area contributed by atoms with Gasteiger partial charge in [-0.3, -0.25) is 14.2 Å². The summed E-state index contributed by atoms with van der Waals surface area (Å²) >= 11 is 0. The minimum Gasteiger partial charge on any atom is -0.396 e. The van der Waals surface area contributed by atoms with Gasteiger partial charge in [0.25, 0.3) is 5.56 Å². The number of para-hydroxylation sites is 1. The predicted octanol–water partition coefficient (Wildman–Crippen LogP) is 1.47. The van der Waals surface area contributed by atoms with Gasteiger partial charge in [0.2, 0.25) is 5.91 Å². The molecule has 6 heteroatoms. The Hall–Kier alpha value is -2.21. The maximum Gasteiger partial charge on any atom is 0.261 e. The van der Waals surface area contributed by atoms with Crippen LogP contribution in [0.2, 0.25) is 0 Å². The number of rotatable bonds is 5. The Morgan fingerprint density at radius 3 is 3.04 bits per heavy atom. The Balaban J connectivity index is 1.81. The first kappa shape index (κ1) is 16.6. The van der Waals surface area contributed by atoms with Crippen LogP contribution in [-0.4, -0.2) is 44.7 Å². The van der Waals surface area contributed by atoms with E-state index in [1.54, 1.807) is 6.07 Å². The number of aliphatic hydroxyl groups excluding tert-OH is 1. The largest absolute Gasteiger partial charge is 0.396 e. The van der Waals surface area contributed by atoms with Crippen LogP contribution in [-0.2, 0) is 11.3 Å². The molecule has 0 radical (unpaired) electrons. The molecule has 2 heterocycles. The number of nitrogens with zero attached hydrogens (tertiary/aromatic N) is 3. The molecule has 1 N–H and O–H groups in total. The highest BCUT2D eigenvalue weighted by Crippen LogP contribution is 2.21. The summed E-state index contributed by atoms with van der Waals surface area (Å²) in [5, 5.41) is 9.53. The molecule has 2 aromatic rings. The standard InChI is InChI=1S/C18H23N3O3/c1-13-5-2-8-15-17(13)19-12-20(18(15)24)11-16(23)21-9-3-6-14(21)7-4-10-22/h2,5,8,12,14,22H,3-4,6-7,9-11H2,1H3. The van der Waals surface area contributed by atoms with E-state index in [1.807, 2.05) is 24.0 Å². The molecule has 0 spiro atoms. The molecule has 3 rings (SSSR count). The molecule has 0 saturated carbocycles. The molecule has 1 unspecified atom stereocenters. The smallest absolute Gasteiger partial charge is 0.261 e. The van der Waals surface area contributed by atoms with Crippen LogP contribution in [0.15, 0.2) is 29.3 Å². The Kier molecular flexibility index (Phi) is 4.94. The Labute approximate surface area is 140 Å². The highest BCUT2D eigenvalue weighted by Gasteiger charge is 2.28. The summed E-state index contributed by atoms with van der Waals surface area (Å²) in [5.41, 5.74) is 1.46. The van der Waals surface area contributed by atoms with Crippen LogP contribution in [0.1, 0.15) is 31.2 Å². The van der Waals surface area contributed by atoms with Gasteiger partial charge in [-0.15, -0.1) is 0 Å². The van der Waals surface area contributed by atoms with Gasteiger partial charge >= 0.3 is 0 Å². The number of aromatic nitrogens is 2. The van der Waals surface area contributed by atoms with Crippen molar-refractivity contribution in [3.8, 4) is 0 Å². The van der Waals surface area contributed by atoms with Crippen molar-refractivity contribution in [3.63, 3.8) is 0 Å². The van der Waals surface area contributed by atoms with E-state index in [-0.39, 0.29) is 30.7 Å². The number of amides is 1. The minimum atomic E-state index is -0.178. The third kappa shape index (κ3) is 3.19. The van der Waals surface area contributed by atoms with Crippen molar-refractivity contribution in [1.82, 2.24) is 14.5 Å². The SMILES string of the molecule is Cc1cccc2c(=O)n(CC(=O)N3CCCC3CCCO)cnc12. The Bertz CT molecular complexity index is 800. The molecule has 1 saturated heterocycles. The van der Waals surface area contributed by atoms with Gasteiger partial charge in [-0.1, -0.05) is 12.1 Å². The predicted molar refractivity (Wildman–Crippen MR) is 91.8 cm³/mol. The summed E-state index contributed by atoms with van der Waals surface area (Å²) in [6, 6.07) is 5.67. The molecule has 6 nitrogen and oxygen atoms in total. The Morgan fingerprint density at radius 1 is 1.42 bits per heavy atom. The zero-order valence-corrected chi connectivity index (χ0v) is 13.9. The van der Waals surface area contributed by atoms with Crippen LogP contribution >= 0.6 is 0 Å². The average Bonchev–Trinajstić information content (AvgIpc) is 3.04. The molecule has 0 bridgehead atoms. The normalized spacial score (nSPS) is 17.6. The van der Waals surface area contributed by atoms with Gasteiger partial charge in [0.15, 0.2) is 0 Å². The second-order valence-electron chi connectivity index (χ2n) is 6.40. The maximum absolute atomic E-state index is 12.6. The molecule has 1 aromatic carbocycles. The van der Waals surface area contributed by atoms with E-state index >= 15 is 0 Å². The molecule has 1 aromatic heterocycles. The number of carbonyl (C=O) groups excluding carboxylic acids is 1. The van der Waals surface area contributed by atoms with Gasteiger partial charge in [-0.05, 0) is 44.2 Å². The van der Waals surface area contributed by atoms with Crippen LogP contribution in [0.3, 0.4) is 0 Å². The van der Waals surface area contributed by atoms with E-state index in [0.29, 0.717) is 17.3 Å². The van der Waals surface area contributed by atoms with E-state index in [4.69, 9.17) is 5.11 Å². The first-order chi connectivity index (χ1) is 11.6. The van der Waals surface area contributed by atoms with Crippen LogP contribution < -0.4 is 5.56 Å². The third-order valence-electron chi connectivity index (χ3n) is 4.75. The van der Waals surface area contributed by atoms with Crippen molar-refractivity contribution in [1.29, 1.82) is 0 Å². The summed E-state index contributed by atoms with van der Waals surface area (Å²) in [7, 11) is 0. The number of benzene rings is 1. The molecule has 24 heavy (non-hydrogen) atoms. The molecule has 1 aliphatic rings. The van der Waals surface area contributed by atoms with Gasteiger partial charge < -0.3 is 10.0 Å². The molecule has 0 aliphatic carbocycles. The fourth-order valence-electron chi connectivity index (χ4n) is 3.48. The van der Waals surface area contributed by atoms with E-state index < -0.39 is 0 Å². The molecule has 1 aliphatic heterocycles. The van der Waals surface area contributed by atoms with Crippen LogP contribution in [0.5, 0.6) is 0 Å². The van der Waals surface area contributed by atoms with E-state index in [9.17, 15) is 9.59 Å². The molecular formula is C18H23N3O3. The molecule has 1 amide bonds. The van der Waals surface area contributed by atoms with Crippen molar-refractivity contribution in [2.75, 3.05) is 13.2 Å². The minimum absolute atomic E-state index is 0.0192. The van der Waals surface area contributed by atoms with E-state index in [0.717, 1.165) is 31.4 Å². The fraction of sp³-hybridized carbons (Fsp3) is 0.500. The molecule has 128 valence electrons. The van der Waals surface area contributed by atoms with Crippen molar-refractivity contribution in [2.45, 2.75) is 45.2 Å². The first-order valence-electron chi connectivity index (χ1n) is 8.47. The van der Waals surface area contributed by atoms with Gasteiger partial charge in [0, 0.05) is 19.2 Å². The van der Waals surface area contributed by atoms with Crippen LogP contribution in [0.4, 0.5) is 0 Å². The summed E-state index contributed by atoms with van der Waals surface area (Å²) in [4.78, 5) is 31.4. The maximum atomic E-state index is 12.6. The zero-order chi connectivity index (χ0) is 17.1. The quantitative estimate of drug-likeness (QED) is 0.901. The van der Waals surface area contributed by atoms with Crippen molar-refractivity contribution in [3.05, 3.63) is 40.4 Å². The number of fused-ring (bicyclic) bond motifs is 1. The highest BCUT2D eigenvalue weighted by atomic mass is 16.3. The lowest BCUT2D eigenvalue weighted by Gasteiger charge is -2.25. The number of aliphatic hydroxyl groups is 1. The molecular weight excluding hydrogens is 306 g/mol. The zero-order valence-electron chi connectivity index (χ0n) is 13.9. The summed E-state index contributed by atoms with van der Waals surface area (Å²) in [6.07, 6.45) is 4.92. The Morgan fingerprint density at radius 2 is 2.25 bits per heavy atom. The average molecular weight is 329 g/mol. The van der Waals surface area contributed by atoms with Crippen molar-refractivity contribution >= 4 is 16.8 Å². The topological polar surface area (TPSA) is 75.4 Å².